The lowest BCUT2D eigenvalue weighted by atomic mass is 10.0. The van der Waals surface area contributed by atoms with E-state index in [-0.39, 0.29) is 17.7 Å². The van der Waals surface area contributed by atoms with Crippen LogP contribution < -0.4 is 10.5 Å². The summed E-state index contributed by atoms with van der Waals surface area (Å²) in [6.07, 6.45) is -4.57. The van der Waals surface area contributed by atoms with E-state index >= 15 is 0 Å². The molecule has 0 aromatic heterocycles. The van der Waals surface area contributed by atoms with Gasteiger partial charge in [0.15, 0.2) is 0 Å². The van der Waals surface area contributed by atoms with E-state index in [1.165, 1.54) is 12.1 Å². The third kappa shape index (κ3) is 3.85. The average Bonchev–Trinajstić information content (AvgIpc) is 2.36. The Labute approximate surface area is 108 Å². The van der Waals surface area contributed by atoms with Crippen molar-refractivity contribution in [3.05, 3.63) is 29.3 Å². The molecule has 0 aliphatic rings. The molecule has 0 aliphatic carbocycles. The fourth-order valence-electron chi connectivity index (χ4n) is 1.59. The first-order chi connectivity index (χ1) is 8.79. The molecule has 0 unspecified atom stereocenters. The lowest BCUT2D eigenvalue weighted by molar-refractivity contribution is -0.142. The first kappa shape index (κ1) is 15.3. The first-order valence-corrected chi connectivity index (χ1v) is 5.37. The second kappa shape index (κ2) is 5.92. The summed E-state index contributed by atoms with van der Waals surface area (Å²) < 4.78 is 47.4. The first-order valence-electron chi connectivity index (χ1n) is 5.37. The number of benzene rings is 1. The Morgan fingerprint density at radius 3 is 2.47 bits per heavy atom. The highest BCUT2D eigenvalue weighted by molar-refractivity contribution is 5.75. The molecular weight excluding hydrogens is 263 g/mol. The van der Waals surface area contributed by atoms with E-state index in [1.54, 1.807) is 0 Å². The Morgan fingerprint density at radius 1 is 1.37 bits per heavy atom. The maximum Gasteiger partial charge on any atom is 0.419 e. The fraction of sp³-hybridized carbons (Fsp3) is 0.417. The second-order valence-electron chi connectivity index (χ2n) is 3.87. The van der Waals surface area contributed by atoms with E-state index in [2.05, 4.69) is 9.47 Å². The van der Waals surface area contributed by atoms with Crippen LogP contribution in [0.15, 0.2) is 18.2 Å². The zero-order valence-corrected chi connectivity index (χ0v) is 10.5. The molecule has 0 bridgehead atoms. The summed E-state index contributed by atoms with van der Waals surface area (Å²) in [5.41, 5.74) is 4.89. The zero-order valence-electron chi connectivity index (χ0n) is 10.5. The van der Waals surface area contributed by atoms with Crippen LogP contribution in [0.5, 0.6) is 5.75 Å². The molecule has 4 nitrogen and oxygen atoms in total. The SMILES string of the molecule is COC(=O)[C@@H](N)Cc1ccc(OC)c(C(F)(F)F)c1. The molecular formula is C12H14F3NO3. The largest absolute Gasteiger partial charge is 0.496 e. The zero-order chi connectivity index (χ0) is 14.6. The third-order valence-electron chi connectivity index (χ3n) is 2.53. The topological polar surface area (TPSA) is 61.5 Å². The Bertz CT molecular complexity index is 460. The van der Waals surface area contributed by atoms with Crippen molar-refractivity contribution >= 4 is 5.97 Å². The number of methoxy groups -OCH3 is 2. The maximum atomic E-state index is 12.8. The maximum absolute atomic E-state index is 12.8. The molecule has 0 aliphatic heterocycles. The molecule has 0 spiro atoms. The van der Waals surface area contributed by atoms with Gasteiger partial charge in [0.2, 0.25) is 0 Å². The van der Waals surface area contributed by atoms with Gasteiger partial charge in [0.05, 0.1) is 19.8 Å². The minimum Gasteiger partial charge on any atom is -0.496 e. The predicted molar refractivity (Wildman–Crippen MR) is 61.7 cm³/mol. The van der Waals surface area contributed by atoms with Gasteiger partial charge in [-0.1, -0.05) is 6.07 Å². The van der Waals surface area contributed by atoms with Gasteiger partial charge < -0.3 is 15.2 Å². The van der Waals surface area contributed by atoms with Gasteiger partial charge in [0.25, 0.3) is 0 Å². The van der Waals surface area contributed by atoms with Crippen LogP contribution in [0, 0.1) is 0 Å². The number of carbonyl (C=O) groups excluding carboxylic acids is 1. The molecule has 0 saturated heterocycles. The minimum absolute atomic E-state index is 0.0419. The van der Waals surface area contributed by atoms with E-state index in [0.717, 1.165) is 20.3 Å². The molecule has 0 radical (unpaired) electrons. The number of carbonyl (C=O) groups is 1. The summed E-state index contributed by atoms with van der Waals surface area (Å²) in [5, 5.41) is 0. The van der Waals surface area contributed by atoms with Crippen LogP contribution in [-0.2, 0) is 22.1 Å². The van der Waals surface area contributed by atoms with Crippen LogP contribution >= 0.6 is 0 Å². The van der Waals surface area contributed by atoms with Crippen molar-refractivity contribution in [2.45, 2.75) is 18.6 Å². The molecule has 1 rings (SSSR count). The second-order valence-corrected chi connectivity index (χ2v) is 3.87. The summed E-state index contributed by atoms with van der Waals surface area (Å²) in [6, 6.07) is 2.54. The molecule has 0 saturated carbocycles. The summed E-state index contributed by atoms with van der Waals surface area (Å²) in [5.74, 6) is -0.952. The number of halogens is 3. The van der Waals surface area contributed by atoms with Crippen molar-refractivity contribution in [1.29, 1.82) is 0 Å². The molecule has 0 heterocycles. The number of ether oxygens (including phenoxy) is 2. The van der Waals surface area contributed by atoms with Crippen molar-refractivity contribution in [3.8, 4) is 5.75 Å². The van der Waals surface area contributed by atoms with Gasteiger partial charge in [-0.05, 0) is 24.1 Å². The molecule has 0 fully saturated rings. The molecule has 2 N–H and O–H groups in total. The van der Waals surface area contributed by atoms with Crippen LogP contribution in [0.1, 0.15) is 11.1 Å². The molecule has 1 aromatic rings. The smallest absolute Gasteiger partial charge is 0.419 e. The summed E-state index contributed by atoms with van der Waals surface area (Å²) in [7, 11) is 2.32. The number of alkyl halides is 3. The van der Waals surface area contributed by atoms with E-state index in [9.17, 15) is 18.0 Å². The van der Waals surface area contributed by atoms with Crippen LogP contribution in [0.4, 0.5) is 13.2 Å². The third-order valence-corrected chi connectivity index (χ3v) is 2.53. The number of hydrogen-bond acceptors (Lipinski definition) is 4. The number of esters is 1. The lowest BCUT2D eigenvalue weighted by Crippen LogP contribution is -2.33. The molecule has 0 amide bonds. The monoisotopic (exact) mass is 277 g/mol. The summed E-state index contributed by atoms with van der Waals surface area (Å²) in [4.78, 5) is 11.1. The van der Waals surface area contributed by atoms with Crippen LogP contribution in [0.3, 0.4) is 0 Å². The number of nitrogens with two attached hydrogens (primary N) is 1. The van der Waals surface area contributed by atoms with Crippen molar-refractivity contribution in [3.63, 3.8) is 0 Å². The van der Waals surface area contributed by atoms with Crippen molar-refractivity contribution < 1.29 is 27.4 Å². The van der Waals surface area contributed by atoms with Gasteiger partial charge in [-0.25, -0.2) is 0 Å². The van der Waals surface area contributed by atoms with E-state index in [0.29, 0.717) is 0 Å². The Kier molecular flexibility index (Phi) is 4.77. The highest BCUT2D eigenvalue weighted by Crippen LogP contribution is 2.36. The van der Waals surface area contributed by atoms with Gasteiger partial charge in [-0.2, -0.15) is 13.2 Å². The standard InChI is InChI=1S/C12H14F3NO3/c1-18-10-4-3-7(5-8(10)12(13,14)15)6-9(16)11(17)19-2/h3-5,9H,6,16H2,1-2H3/t9-/m0/s1. The lowest BCUT2D eigenvalue weighted by Gasteiger charge is -2.15. The molecule has 7 heteroatoms. The minimum atomic E-state index is -4.53. The molecule has 19 heavy (non-hydrogen) atoms. The molecule has 106 valence electrons. The van der Waals surface area contributed by atoms with Crippen LogP contribution in [0.25, 0.3) is 0 Å². The highest BCUT2D eigenvalue weighted by atomic mass is 19.4. The van der Waals surface area contributed by atoms with Crippen LogP contribution in [0.2, 0.25) is 0 Å². The molecule has 1 aromatic carbocycles. The number of rotatable bonds is 4. The molecule has 1 atom stereocenters. The normalized spacial score (nSPS) is 12.9. The van der Waals surface area contributed by atoms with Crippen molar-refractivity contribution in [2.75, 3.05) is 14.2 Å². The van der Waals surface area contributed by atoms with Gasteiger partial charge in [0, 0.05) is 0 Å². The van der Waals surface area contributed by atoms with Crippen molar-refractivity contribution in [2.24, 2.45) is 5.73 Å². The van der Waals surface area contributed by atoms with Gasteiger partial charge in [-0.15, -0.1) is 0 Å². The highest BCUT2D eigenvalue weighted by Gasteiger charge is 2.34. The Hall–Kier alpha value is -1.76. The fourth-order valence-corrected chi connectivity index (χ4v) is 1.59. The van der Waals surface area contributed by atoms with Crippen molar-refractivity contribution in [1.82, 2.24) is 0 Å². The van der Waals surface area contributed by atoms with Crippen LogP contribution in [-0.4, -0.2) is 26.2 Å². The van der Waals surface area contributed by atoms with E-state index < -0.39 is 23.8 Å². The predicted octanol–water partition coefficient (Wildman–Crippen LogP) is 1.76. The quantitative estimate of drug-likeness (QED) is 0.852. The van der Waals surface area contributed by atoms with Gasteiger partial charge >= 0.3 is 12.1 Å². The number of hydrogen-bond donors (Lipinski definition) is 1. The van der Waals surface area contributed by atoms with Gasteiger partial charge in [-0.3, -0.25) is 4.79 Å². The summed E-state index contributed by atoms with van der Waals surface area (Å²) in [6.45, 7) is 0. The Balaban J connectivity index is 3.02. The van der Waals surface area contributed by atoms with E-state index in [4.69, 9.17) is 5.73 Å². The summed E-state index contributed by atoms with van der Waals surface area (Å²) >= 11 is 0. The Morgan fingerprint density at radius 2 is 2.00 bits per heavy atom. The average molecular weight is 277 g/mol. The van der Waals surface area contributed by atoms with Gasteiger partial charge in [0.1, 0.15) is 11.8 Å². The van der Waals surface area contributed by atoms with E-state index in [1.807, 2.05) is 0 Å².